The lowest BCUT2D eigenvalue weighted by atomic mass is 9.93. The summed E-state index contributed by atoms with van der Waals surface area (Å²) in [6.07, 6.45) is -0.860. The van der Waals surface area contributed by atoms with E-state index in [1.165, 1.54) is 7.11 Å². The predicted molar refractivity (Wildman–Crippen MR) is 79.9 cm³/mol. The average Bonchev–Trinajstić information content (AvgIpc) is 2.49. The molecule has 3 rings (SSSR count). The van der Waals surface area contributed by atoms with Crippen LogP contribution in [0.2, 0.25) is 0 Å². The third-order valence-electron chi connectivity index (χ3n) is 3.52. The van der Waals surface area contributed by atoms with Crippen molar-refractivity contribution in [2.24, 2.45) is 0 Å². The molecule has 2 aromatic carbocycles. The molecule has 1 N–H and O–H groups in total. The van der Waals surface area contributed by atoms with Crippen molar-refractivity contribution < 1.29 is 23.0 Å². The molecule has 7 heteroatoms. The molecule has 0 aromatic heterocycles. The summed E-state index contributed by atoms with van der Waals surface area (Å²) in [5.74, 6) is -2.91. The number of benzene rings is 2. The van der Waals surface area contributed by atoms with Crippen LogP contribution in [0.4, 0.5) is 13.6 Å². The van der Waals surface area contributed by atoms with Gasteiger partial charge in [-0.3, -0.25) is 0 Å². The third-order valence-corrected chi connectivity index (χ3v) is 3.52. The number of fused-ring (bicyclic) bond motifs is 1. The van der Waals surface area contributed by atoms with Crippen LogP contribution in [0.3, 0.4) is 0 Å². The van der Waals surface area contributed by atoms with Crippen molar-refractivity contribution in [3.05, 3.63) is 42.0 Å². The monoisotopic (exact) mass is 329 g/mol. The number of cyclic esters (lactones) is 1. The first-order valence-electron chi connectivity index (χ1n) is 6.39. The summed E-state index contributed by atoms with van der Waals surface area (Å²) in [5, 5.41) is 3.61. The second kappa shape index (κ2) is 5.96. The first-order chi connectivity index (χ1) is 10.0. The van der Waals surface area contributed by atoms with Gasteiger partial charge in [-0.15, -0.1) is 12.4 Å². The van der Waals surface area contributed by atoms with Crippen LogP contribution in [0.15, 0.2) is 36.4 Å². The Morgan fingerprint density at radius 3 is 2.73 bits per heavy atom. The zero-order chi connectivity index (χ0) is 15.0. The van der Waals surface area contributed by atoms with E-state index in [0.717, 1.165) is 5.39 Å². The molecule has 0 saturated carbocycles. The van der Waals surface area contributed by atoms with Crippen LogP contribution >= 0.6 is 12.4 Å². The summed E-state index contributed by atoms with van der Waals surface area (Å²) in [4.78, 5) is 11.4. The van der Waals surface area contributed by atoms with E-state index in [0.29, 0.717) is 11.1 Å². The smallest absolute Gasteiger partial charge is 0.408 e. The number of alkyl halides is 2. The van der Waals surface area contributed by atoms with E-state index in [-0.39, 0.29) is 18.0 Å². The number of rotatable bonds is 2. The Balaban J connectivity index is 0.00000176. The predicted octanol–water partition coefficient (Wildman–Crippen LogP) is 3.69. The quantitative estimate of drug-likeness (QED) is 0.914. The maximum Gasteiger partial charge on any atom is 0.408 e. The van der Waals surface area contributed by atoms with Crippen LogP contribution in [-0.4, -0.2) is 25.7 Å². The van der Waals surface area contributed by atoms with Gasteiger partial charge < -0.3 is 14.8 Å². The maximum atomic E-state index is 14.2. The molecule has 0 bridgehead atoms. The van der Waals surface area contributed by atoms with Crippen molar-refractivity contribution in [3.8, 4) is 5.75 Å². The standard InChI is InChI=1S/C15H13F2NO3.ClH/c1-20-11-7-6-9-4-2-3-5-10(9)12(11)13-15(16,17)8-21-14(19)18-13;/h2-7,13H,8H2,1H3,(H,18,19);1H/t13-;/m1./s1. The number of amides is 1. The first kappa shape index (κ1) is 16.3. The molecule has 0 spiro atoms. The fourth-order valence-corrected chi connectivity index (χ4v) is 2.54. The van der Waals surface area contributed by atoms with Gasteiger partial charge in [0, 0.05) is 5.56 Å². The van der Waals surface area contributed by atoms with E-state index < -0.39 is 24.7 Å². The highest BCUT2D eigenvalue weighted by Gasteiger charge is 2.48. The van der Waals surface area contributed by atoms with Crippen LogP contribution < -0.4 is 10.1 Å². The molecule has 0 aliphatic carbocycles. The number of carbonyl (C=O) groups is 1. The number of nitrogens with one attached hydrogen (secondary N) is 1. The molecule has 2 aromatic rings. The van der Waals surface area contributed by atoms with E-state index in [1.54, 1.807) is 24.3 Å². The highest BCUT2D eigenvalue weighted by molar-refractivity contribution is 5.89. The van der Waals surface area contributed by atoms with E-state index >= 15 is 0 Å². The number of carbonyl (C=O) groups excluding carboxylic acids is 1. The molecule has 118 valence electrons. The molecule has 1 aliphatic heterocycles. The van der Waals surface area contributed by atoms with Crippen LogP contribution in [0.1, 0.15) is 11.6 Å². The lowest BCUT2D eigenvalue weighted by molar-refractivity contribution is -0.104. The van der Waals surface area contributed by atoms with E-state index in [9.17, 15) is 13.6 Å². The molecule has 1 fully saturated rings. The van der Waals surface area contributed by atoms with Crippen LogP contribution in [0.25, 0.3) is 10.8 Å². The van der Waals surface area contributed by atoms with Gasteiger partial charge in [-0.05, 0) is 16.8 Å². The zero-order valence-corrected chi connectivity index (χ0v) is 12.5. The fraction of sp³-hybridized carbons (Fsp3) is 0.267. The molecule has 22 heavy (non-hydrogen) atoms. The van der Waals surface area contributed by atoms with Crippen molar-refractivity contribution >= 4 is 29.3 Å². The van der Waals surface area contributed by atoms with Crippen LogP contribution in [0.5, 0.6) is 5.75 Å². The molecule has 1 aliphatic rings. The normalized spacial score (nSPS) is 19.8. The number of alkyl carbamates (subject to hydrolysis) is 1. The van der Waals surface area contributed by atoms with Gasteiger partial charge in [-0.1, -0.05) is 30.3 Å². The number of hydrogen-bond acceptors (Lipinski definition) is 3. The number of hydrogen-bond donors (Lipinski definition) is 1. The largest absolute Gasteiger partial charge is 0.496 e. The molecular weight excluding hydrogens is 316 g/mol. The topological polar surface area (TPSA) is 47.6 Å². The number of halogens is 3. The lowest BCUT2D eigenvalue weighted by Crippen LogP contribution is -2.49. The maximum absolute atomic E-state index is 14.2. The van der Waals surface area contributed by atoms with Crippen molar-refractivity contribution in [1.29, 1.82) is 0 Å². The molecule has 4 nitrogen and oxygen atoms in total. The highest BCUT2D eigenvalue weighted by atomic mass is 35.5. The first-order valence-corrected chi connectivity index (χ1v) is 6.39. The molecule has 0 radical (unpaired) electrons. The summed E-state index contributed by atoms with van der Waals surface area (Å²) < 4.78 is 38.0. The SMILES string of the molecule is COc1ccc2ccccc2c1[C@H]1NC(=O)OCC1(F)F.Cl. The van der Waals surface area contributed by atoms with Crippen molar-refractivity contribution in [2.75, 3.05) is 13.7 Å². The summed E-state index contributed by atoms with van der Waals surface area (Å²) in [5.41, 5.74) is 0.261. The molecular formula is C15H14ClF2NO3. The fourth-order valence-electron chi connectivity index (χ4n) is 2.54. The zero-order valence-electron chi connectivity index (χ0n) is 11.6. The van der Waals surface area contributed by atoms with Gasteiger partial charge in [0.2, 0.25) is 0 Å². The minimum atomic E-state index is -3.22. The third kappa shape index (κ3) is 2.66. The Labute approximate surface area is 131 Å². The van der Waals surface area contributed by atoms with Gasteiger partial charge in [0.25, 0.3) is 0 Å². The Hall–Kier alpha value is -2.08. The van der Waals surface area contributed by atoms with E-state index in [1.807, 2.05) is 12.1 Å². The molecule has 1 saturated heterocycles. The van der Waals surface area contributed by atoms with Gasteiger partial charge in [0.15, 0.2) is 6.61 Å². The Kier molecular flexibility index (Phi) is 4.42. The van der Waals surface area contributed by atoms with Crippen molar-refractivity contribution in [2.45, 2.75) is 12.0 Å². The Bertz CT molecular complexity index is 708. The summed E-state index contributed by atoms with van der Waals surface area (Å²) >= 11 is 0. The van der Waals surface area contributed by atoms with Crippen LogP contribution in [0, 0.1) is 0 Å². The van der Waals surface area contributed by atoms with Crippen molar-refractivity contribution in [1.82, 2.24) is 5.32 Å². The molecule has 1 atom stereocenters. The number of ether oxygens (including phenoxy) is 2. The van der Waals surface area contributed by atoms with Gasteiger partial charge >= 0.3 is 12.0 Å². The van der Waals surface area contributed by atoms with E-state index in [2.05, 4.69) is 10.1 Å². The van der Waals surface area contributed by atoms with Gasteiger partial charge in [-0.25, -0.2) is 13.6 Å². The van der Waals surface area contributed by atoms with Gasteiger partial charge in [0.05, 0.1) is 7.11 Å². The van der Waals surface area contributed by atoms with Gasteiger partial charge in [-0.2, -0.15) is 0 Å². The summed E-state index contributed by atoms with van der Waals surface area (Å²) in [6, 6.07) is 9.04. The number of methoxy groups -OCH3 is 1. The second-order valence-electron chi connectivity index (χ2n) is 4.82. The minimum absolute atomic E-state index is 0. The Morgan fingerprint density at radius 2 is 2.00 bits per heavy atom. The summed E-state index contributed by atoms with van der Waals surface area (Å²) in [7, 11) is 1.41. The highest BCUT2D eigenvalue weighted by Crippen LogP contribution is 2.42. The summed E-state index contributed by atoms with van der Waals surface area (Å²) in [6.45, 7) is -0.949. The minimum Gasteiger partial charge on any atom is -0.496 e. The average molecular weight is 330 g/mol. The van der Waals surface area contributed by atoms with Crippen molar-refractivity contribution in [3.63, 3.8) is 0 Å². The van der Waals surface area contributed by atoms with Crippen LogP contribution in [-0.2, 0) is 4.74 Å². The molecule has 0 unspecified atom stereocenters. The van der Waals surface area contributed by atoms with Gasteiger partial charge in [0.1, 0.15) is 11.8 Å². The van der Waals surface area contributed by atoms with E-state index in [4.69, 9.17) is 4.74 Å². The Morgan fingerprint density at radius 1 is 1.27 bits per heavy atom. The lowest BCUT2D eigenvalue weighted by Gasteiger charge is -2.33. The second-order valence-corrected chi connectivity index (χ2v) is 4.82. The molecule has 1 amide bonds. The molecule has 1 heterocycles.